The van der Waals surface area contributed by atoms with Gasteiger partial charge in [0.05, 0.1) is 22.2 Å². The first kappa shape index (κ1) is 23.4. The fraction of sp³-hybridized carbons (Fsp3) is 0.185. The molecule has 0 aliphatic rings. The maximum absolute atomic E-state index is 13.5. The third-order valence-electron chi connectivity index (χ3n) is 5.66. The van der Waals surface area contributed by atoms with E-state index in [1.165, 1.54) is 18.7 Å². The van der Waals surface area contributed by atoms with Gasteiger partial charge < -0.3 is 5.32 Å². The molecule has 4 rings (SSSR count). The van der Waals surface area contributed by atoms with E-state index in [4.69, 9.17) is 4.98 Å². The highest BCUT2D eigenvalue weighted by atomic mass is 32.2. The molecule has 6 nitrogen and oxygen atoms in total. The van der Waals surface area contributed by atoms with Crippen molar-refractivity contribution in [1.82, 2.24) is 9.55 Å². The number of benzene rings is 3. The zero-order chi connectivity index (χ0) is 24.2. The van der Waals surface area contributed by atoms with E-state index in [2.05, 4.69) is 5.32 Å². The Morgan fingerprint density at radius 3 is 2.24 bits per heavy atom. The molecular weight excluding hydrogens is 446 g/mol. The first-order valence-corrected chi connectivity index (χ1v) is 11.9. The first-order valence-electron chi connectivity index (χ1n) is 11.0. The van der Waals surface area contributed by atoms with Gasteiger partial charge in [0, 0.05) is 11.3 Å². The summed E-state index contributed by atoms with van der Waals surface area (Å²) in [4.78, 5) is 42.6. The van der Waals surface area contributed by atoms with Crippen LogP contribution in [0.25, 0.3) is 10.9 Å². The van der Waals surface area contributed by atoms with Crippen LogP contribution in [0.4, 0.5) is 5.69 Å². The van der Waals surface area contributed by atoms with Crippen molar-refractivity contribution >= 4 is 40.0 Å². The van der Waals surface area contributed by atoms with Gasteiger partial charge in [-0.3, -0.25) is 19.0 Å². The van der Waals surface area contributed by atoms with Crippen LogP contribution < -0.4 is 10.9 Å². The summed E-state index contributed by atoms with van der Waals surface area (Å²) in [6.07, 6.45) is 0. The summed E-state index contributed by atoms with van der Waals surface area (Å²) in [5.41, 5.74) is 2.62. The summed E-state index contributed by atoms with van der Waals surface area (Å²) in [6.45, 7) is 5.24. The van der Waals surface area contributed by atoms with E-state index in [1.807, 2.05) is 49.4 Å². The molecule has 0 fully saturated rings. The molecule has 1 N–H and O–H groups in total. The molecule has 0 saturated heterocycles. The molecule has 0 aliphatic carbocycles. The smallest absolute Gasteiger partial charge is 0.262 e. The van der Waals surface area contributed by atoms with Gasteiger partial charge in [0.2, 0.25) is 5.91 Å². The highest BCUT2D eigenvalue weighted by Crippen LogP contribution is 2.28. The minimum Gasteiger partial charge on any atom is -0.325 e. The number of ketones is 1. The van der Waals surface area contributed by atoms with Gasteiger partial charge in [-0.15, -0.1) is 0 Å². The number of hydrogen-bond acceptors (Lipinski definition) is 5. The van der Waals surface area contributed by atoms with E-state index in [0.717, 1.165) is 5.56 Å². The van der Waals surface area contributed by atoms with Crippen LogP contribution in [0.2, 0.25) is 0 Å². The monoisotopic (exact) mass is 471 g/mol. The molecular formula is C27H25N3O3S. The van der Waals surface area contributed by atoms with Crippen LogP contribution in [0.5, 0.6) is 0 Å². The van der Waals surface area contributed by atoms with Crippen molar-refractivity contribution in [2.45, 2.75) is 37.2 Å². The number of para-hydroxylation sites is 1. The molecule has 2 atom stereocenters. The number of thioether (sulfide) groups is 1. The lowest BCUT2D eigenvalue weighted by molar-refractivity contribution is -0.115. The van der Waals surface area contributed by atoms with E-state index in [0.29, 0.717) is 27.3 Å². The fourth-order valence-electron chi connectivity index (χ4n) is 3.67. The minimum atomic E-state index is -0.519. The second-order valence-corrected chi connectivity index (χ2v) is 9.36. The number of nitrogens with one attached hydrogen (secondary N) is 1. The van der Waals surface area contributed by atoms with E-state index in [-0.39, 0.29) is 23.3 Å². The molecule has 1 heterocycles. The zero-order valence-corrected chi connectivity index (χ0v) is 20.0. The van der Waals surface area contributed by atoms with Gasteiger partial charge in [-0.1, -0.05) is 54.2 Å². The van der Waals surface area contributed by atoms with Gasteiger partial charge in [-0.05, 0) is 62.7 Å². The molecule has 0 aliphatic heterocycles. The summed E-state index contributed by atoms with van der Waals surface area (Å²) in [5, 5.41) is 3.38. The fourth-order valence-corrected chi connectivity index (χ4v) is 4.66. The number of amides is 1. The topological polar surface area (TPSA) is 81.1 Å². The summed E-state index contributed by atoms with van der Waals surface area (Å²) >= 11 is 1.24. The molecule has 0 bridgehead atoms. The van der Waals surface area contributed by atoms with E-state index < -0.39 is 5.25 Å². The van der Waals surface area contributed by atoms with Crippen molar-refractivity contribution in [3.05, 3.63) is 100 Å². The lowest BCUT2D eigenvalue weighted by atomic mass is 10.1. The zero-order valence-electron chi connectivity index (χ0n) is 19.2. The number of nitrogens with zero attached hydrogens (tertiary/aromatic N) is 2. The van der Waals surface area contributed by atoms with Crippen molar-refractivity contribution in [3.63, 3.8) is 0 Å². The molecule has 4 aromatic rings. The van der Waals surface area contributed by atoms with Crippen LogP contribution in [0, 0.1) is 0 Å². The summed E-state index contributed by atoms with van der Waals surface area (Å²) in [6, 6.07) is 23.5. The number of rotatable bonds is 7. The van der Waals surface area contributed by atoms with Crippen molar-refractivity contribution in [1.29, 1.82) is 0 Å². The predicted molar refractivity (Wildman–Crippen MR) is 137 cm³/mol. The van der Waals surface area contributed by atoms with E-state index in [1.54, 1.807) is 47.9 Å². The van der Waals surface area contributed by atoms with E-state index in [9.17, 15) is 14.4 Å². The third kappa shape index (κ3) is 4.94. The highest BCUT2D eigenvalue weighted by molar-refractivity contribution is 8.00. The SMILES string of the molecule is CC(=O)c1ccc(NC(=O)[C@@H](C)Sc2nc3ccccc3c(=O)n2[C@@H](C)c2ccccc2)cc1. The highest BCUT2D eigenvalue weighted by Gasteiger charge is 2.22. The van der Waals surface area contributed by atoms with Crippen LogP contribution in [0.3, 0.4) is 0 Å². The van der Waals surface area contributed by atoms with Crippen molar-refractivity contribution in [3.8, 4) is 0 Å². The van der Waals surface area contributed by atoms with Gasteiger partial charge >= 0.3 is 0 Å². The van der Waals surface area contributed by atoms with Crippen molar-refractivity contribution < 1.29 is 9.59 Å². The maximum Gasteiger partial charge on any atom is 0.262 e. The van der Waals surface area contributed by atoms with Gasteiger partial charge in [0.1, 0.15) is 0 Å². The van der Waals surface area contributed by atoms with Crippen LogP contribution in [-0.4, -0.2) is 26.5 Å². The molecule has 0 saturated carbocycles. The summed E-state index contributed by atoms with van der Waals surface area (Å²) < 4.78 is 1.66. The van der Waals surface area contributed by atoms with Crippen molar-refractivity contribution in [2.24, 2.45) is 0 Å². The van der Waals surface area contributed by atoms with Crippen LogP contribution in [-0.2, 0) is 4.79 Å². The molecule has 34 heavy (non-hydrogen) atoms. The Labute approximate surface area is 202 Å². The van der Waals surface area contributed by atoms with Gasteiger partial charge in [-0.25, -0.2) is 4.98 Å². The summed E-state index contributed by atoms with van der Waals surface area (Å²) in [5.74, 6) is -0.253. The second-order valence-electron chi connectivity index (χ2n) is 8.06. The molecule has 0 unspecified atom stereocenters. The Hall–Kier alpha value is -3.71. The Morgan fingerprint density at radius 2 is 1.56 bits per heavy atom. The second kappa shape index (κ2) is 10.1. The molecule has 3 aromatic carbocycles. The van der Waals surface area contributed by atoms with Crippen LogP contribution >= 0.6 is 11.8 Å². The minimum absolute atomic E-state index is 0.0327. The Bertz CT molecular complexity index is 1400. The number of aromatic nitrogens is 2. The number of carbonyl (C=O) groups excluding carboxylic acids is 2. The van der Waals surface area contributed by atoms with Gasteiger partial charge in [-0.2, -0.15) is 0 Å². The Kier molecular flexibility index (Phi) is 6.93. The Morgan fingerprint density at radius 1 is 0.912 bits per heavy atom. The van der Waals surface area contributed by atoms with Gasteiger partial charge in [0.25, 0.3) is 5.56 Å². The lowest BCUT2D eigenvalue weighted by Crippen LogP contribution is -2.29. The maximum atomic E-state index is 13.5. The number of fused-ring (bicyclic) bond motifs is 1. The van der Waals surface area contributed by atoms with Gasteiger partial charge in [0.15, 0.2) is 10.9 Å². The average Bonchev–Trinajstić information content (AvgIpc) is 2.84. The molecule has 0 spiro atoms. The standard InChI is InChI=1S/C27H25N3O3S/c1-17(20-9-5-4-6-10-20)30-26(33)23-11-7-8-12-24(23)29-27(30)34-19(3)25(32)28-22-15-13-21(14-16-22)18(2)31/h4-17,19H,1-3H3,(H,28,32)/t17-,19+/m0/s1. The predicted octanol–water partition coefficient (Wildman–Crippen LogP) is 5.33. The molecule has 1 amide bonds. The number of hydrogen-bond donors (Lipinski definition) is 1. The summed E-state index contributed by atoms with van der Waals surface area (Å²) in [7, 11) is 0. The lowest BCUT2D eigenvalue weighted by Gasteiger charge is -2.21. The normalized spacial score (nSPS) is 12.8. The Balaban J connectivity index is 1.65. The quantitative estimate of drug-likeness (QED) is 0.224. The molecule has 1 aromatic heterocycles. The molecule has 172 valence electrons. The third-order valence-corrected chi connectivity index (χ3v) is 6.72. The molecule has 7 heteroatoms. The van der Waals surface area contributed by atoms with Crippen LogP contribution in [0.1, 0.15) is 42.7 Å². The first-order chi connectivity index (χ1) is 16.3. The largest absolute Gasteiger partial charge is 0.325 e. The molecule has 0 radical (unpaired) electrons. The average molecular weight is 472 g/mol. The number of Topliss-reactive ketones (excluding diaryl/α,β-unsaturated/α-hetero) is 1. The van der Waals surface area contributed by atoms with E-state index >= 15 is 0 Å². The number of anilines is 1. The van der Waals surface area contributed by atoms with Crippen LogP contribution in [0.15, 0.2) is 88.8 Å². The number of carbonyl (C=O) groups is 2. The van der Waals surface area contributed by atoms with Crippen molar-refractivity contribution in [2.75, 3.05) is 5.32 Å².